The highest BCUT2D eigenvalue weighted by Gasteiger charge is 2.22. The van der Waals surface area contributed by atoms with Gasteiger partial charge in [-0.2, -0.15) is 5.26 Å². The molecule has 1 amide bonds. The van der Waals surface area contributed by atoms with Crippen molar-refractivity contribution in [1.29, 1.82) is 5.26 Å². The largest absolute Gasteiger partial charge is 0.376 e. The number of hydrogen-bond donors (Lipinski definition) is 1. The van der Waals surface area contributed by atoms with Crippen molar-refractivity contribution in [2.45, 2.75) is 37.1 Å². The monoisotopic (exact) mass is 389 g/mol. The van der Waals surface area contributed by atoms with Gasteiger partial charge in [0.05, 0.1) is 30.9 Å². The van der Waals surface area contributed by atoms with Crippen molar-refractivity contribution in [2.24, 2.45) is 0 Å². The van der Waals surface area contributed by atoms with E-state index in [1.165, 1.54) is 23.9 Å². The van der Waals surface area contributed by atoms with Crippen molar-refractivity contribution in [2.75, 3.05) is 18.9 Å². The zero-order valence-electron chi connectivity index (χ0n) is 14.7. The highest BCUT2D eigenvalue weighted by molar-refractivity contribution is 7.99. The third-order valence-electron chi connectivity index (χ3n) is 4.12. The number of nitriles is 1. The van der Waals surface area contributed by atoms with Crippen LogP contribution < -0.4 is 5.32 Å². The van der Waals surface area contributed by atoms with E-state index in [-0.39, 0.29) is 30.0 Å². The van der Waals surface area contributed by atoms with Crippen LogP contribution in [0.3, 0.4) is 0 Å². The third kappa shape index (κ3) is 5.28. The number of nitrogens with one attached hydrogen (secondary N) is 1. The molecule has 0 spiro atoms. The Morgan fingerprint density at radius 2 is 2.22 bits per heavy atom. The number of ether oxygens (including phenoxy) is 1. The first-order valence-corrected chi connectivity index (χ1v) is 9.73. The summed E-state index contributed by atoms with van der Waals surface area (Å²) >= 11 is 1.28. The molecule has 0 saturated carbocycles. The topological polar surface area (TPSA) is 92.8 Å². The molecule has 0 aliphatic carbocycles. The van der Waals surface area contributed by atoms with Crippen LogP contribution in [0, 0.1) is 17.1 Å². The summed E-state index contributed by atoms with van der Waals surface area (Å²) in [5.74, 6) is 0.328. The molecule has 27 heavy (non-hydrogen) atoms. The predicted octanol–water partition coefficient (Wildman–Crippen LogP) is 2.39. The summed E-state index contributed by atoms with van der Waals surface area (Å²) in [4.78, 5) is 11.9. The van der Waals surface area contributed by atoms with Crippen LogP contribution in [-0.2, 0) is 16.1 Å². The summed E-state index contributed by atoms with van der Waals surface area (Å²) in [6, 6.07) is 8.08. The maximum atomic E-state index is 13.2. The lowest BCUT2D eigenvalue weighted by atomic mass is 10.2. The van der Waals surface area contributed by atoms with Crippen molar-refractivity contribution >= 4 is 17.7 Å². The Balaban J connectivity index is 1.75. The Bertz CT molecular complexity index is 812. The second-order valence-electron chi connectivity index (χ2n) is 6.11. The van der Waals surface area contributed by atoms with Crippen molar-refractivity contribution in [3.05, 3.63) is 30.1 Å². The number of benzene rings is 1. The molecule has 1 saturated heterocycles. The van der Waals surface area contributed by atoms with E-state index in [9.17, 15) is 9.18 Å². The number of hydrogen-bond acceptors (Lipinski definition) is 6. The molecule has 142 valence electrons. The van der Waals surface area contributed by atoms with Crippen molar-refractivity contribution < 1.29 is 13.9 Å². The van der Waals surface area contributed by atoms with Gasteiger partial charge in [0.15, 0.2) is 11.0 Å². The molecule has 1 aromatic heterocycles. The lowest BCUT2D eigenvalue weighted by molar-refractivity contribution is -0.118. The maximum Gasteiger partial charge on any atom is 0.230 e. The molecule has 1 aliphatic rings. The Morgan fingerprint density at radius 1 is 1.41 bits per heavy atom. The molecule has 0 unspecified atom stereocenters. The van der Waals surface area contributed by atoms with Crippen LogP contribution in [0.5, 0.6) is 0 Å². The number of aromatic nitrogens is 3. The van der Waals surface area contributed by atoms with Crippen LogP contribution in [0.1, 0.15) is 19.3 Å². The lowest BCUT2D eigenvalue weighted by Crippen LogP contribution is -2.26. The highest BCUT2D eigenvalue weighted by Crippen LogP contribution is 2.26. The molecule has 1 atom stereocenters. The van der Waals surface area contributed by atoms with Gasteiger partial charge in [0, 0.05) is 18.7 Å². The minimum atomic E-state index is -0.312. The van der Waals surface area contributed by atoms with Gasteiger partial charge in [-0.25, -0.2) is 4.39 Å². The predicted molar refractivity (Wildman–Crippen MR) is 98.4 cm³/mol. The third-order valence-corrected chi connectivity index (χ3v) is 5.09. The minimum Gasteiger partial charge on any atom is -0.376 e. The van der Waals surface area contributed by atoms with Crippen molar-refractivity contribution in [3.63, 3.8) is 0 Å². The Morgan fingerprint density at radius 3 is 2.93 bits per heavy atom. The van der Waals surface area contributed by atoms with Crippen LogP contribution in [-0.4, -0.2) is 45.7 Å². The molecule has 1 fully saturated rings. The molecule has 7 nitrogen and oxygen atoms in total. The first-order chi connectivity index (χ1) is 13.2. The van der Waals surface area contributed by atoms with Gasteiger partial charge in [-0.05, 0) is 37.1 Å². The summed E-state index contributed by atoms with van der Waals surface area (Å²) < 4.78 is 20.9. The molecule has 9 heteroatoms. The van der Waals surface area contributed by atoms with E-state index in [2.05, 4.69) is 15.5 Å². The average Bonchev–Trinajstić information content (AvgIpc) is 3.32. The van der Waals surface area contributed by atoms with E-state index in [0.717, 1.165) is 25.0 Å². The van der Waals surface area contributed by atoms with Gasteiger partial charge < -0.3 is 10.1 Å². The number of amides is 1. The highest BCUT2D eigenvalue weighted by atomic mass is 32.2. The van der Waals surface area contributed by atoms with Gasteiger partial charge in [0.25, 0.3) is 0 Å². The van der Waals surface area contributed by atoms with Gasteiger partial charge in [-0.1, -0.05) is 11.8 Å². The Hall–Kier alpha value is -2.44. The molecule has 2 aromatic rings. The molecule has 1 aliphatic heterocycles. The molecule has 0 bridgehead atoms. The Kier molecular flexibility index (Phi) is 6.79. The standard InChI is InChI=1S/C18H20FN5O2S/c19-14-6-4-13(5-7-14)17-22-23-18(24(17)11-15-3-1-10-26-15)27-12-16(25)21-9-2-8-20/h4-7,15H,1-3,9-12H2,(H,21,25)/t15-/m0/s1. The summed E-state index contributed by atoms with van der Waals surface area (Å²) in [6.07, 6.45) is 2.33. The summed E-state index contributed by atoms with van der Waals surface area (Å²) in [5.41, 5.74) is 0.757. The van der Waals surface area contributed by atoms with Crippen LogP contribution in [0.25, 0.3) is 11.4 Å². The molecular formula is C18H20FN5O2S. The number of rotatable bonds is 8. The second-order valence-corrected chi connectivity index (χ2v) is 7.05. The van der Waals surface area contributed by atoms with Gasteiger partial charge in [-0.15, -0.1) is 10.2 Å². The number of carbonyl (C=O) groups is 1. The van der Waals surface area contributed by atoms with Crippen LogP contribution in [0.4, 0.5) is 4.39 Å². The van der Waals surface area contributed by atoms with E-state index in [0.29, 0.717) is 24.1 Å². The molecule has 2 heterocycles. The van der Waals surface area contributed by atoms with E-state index in [1.54, 1.807) is 12.1 Å². The first-order valence-electron chi connectivity index (χ1n) is 8.74. The van der Waals surface area contributed by atoms with Gasteiger partial charge in [0.1, 0.15) is 5.82 Å². The van der Waals surface area contributed by atoms with E-state index >= 15 is 0 Å². The van der Waals surface area contributed by atoms with Crippen molar-refractivity contribution in [1.82, 2.24) is 20.1 Å². The normalized spacial score (nSPS) is 16.2. The zero-order chi connectivity index (χ0) is 19.1. The molecule has 1 N–H and O–H groups in total. The average molecular weight is 389 g/mol. The van der Waals surface area contributed by atoms with E-state index in [4.69, 9.17) is 10.00 Å². The van der Waals surface area contributed by atoms with E-state index in [1.807, 2.05) is 10.6 Å². The van der Waals surface area contributed by atoms with E-state index < -0.39 is 0 Å². The quantitative estimate of drug-likeness (QED) is 0.550. The first kappa shape index (κ1) is 19.3. The Labute approximate surface area is 160 Å². The van der Waals surface area contributed by atoms with Crippen LogP contribution in [0.15, 0.2) is 29.4 Å². The minimum absolute atomic E-state index is 0.0732. The van der Waals surface area contributed by atoms with Gasteiger partial charge in [0.2, 0.25) is 5.91 Å². The number of nitrogens with zero attached hydrogens (tertiary/aromatic N) is 4. The molecule has 1 aromatic carbocycles. The SMILES string of the molecule is N#CCCNC(=O)CSc1nnc(-c2ccc(F)cc2)n1C[C@@H]1CCCO1. The number of thioether (sulfide) groups is 1. The lowest BCUT2D eigenvalue weighted by Gasteiger charge is -2.14. The maximum absolute atomic E-state index is 13.2. The summed E-state index contributed by atoms with van der Waals surface area (Å²) in [6.45, 7) is 1.65. The summed E-state index contributed by atoms with van der Waals surface area (Å²) in [7, 11) is 0. The van der Waals surface area contributed by atoms with Crippen LogP contribution >= 0.6 is 11.8 Å². The molecule has 3 rings (SSSR count). The van der Waals surface area contributed by atoms with Gasteiger partial charge in [-0.3, -0.25) is 9.36 Å². The zero-order valence-corrected chi connectivity index (χ0v) is 15.5. The summed E-state index contributed by atoms with van der Waals surface area (Å²) in [5, 5.41) is 20.3. The van der Waals surface area contributed by atoms with Gasteiger partial charge >= 0.3 is 0 Å². The fourth-order valence-corrected chi connectivity index (χ4v) is 3.58. The van der Waals surface area contributed by atoms with Crippen LogP contribution in [0.2, 0.25) is 0 Å². The fraction of sp³-hybridized carbons (Fsp3) is 0.444. The number of carbonyl (C=O) groups excluding carboxylic acids is 1. The fourth-order valence-electron chi connectivity index (χ4n) is 2.80. The second kappa shape index (κ2) is 9.48. The smallest absolute Gasteiger partial charge is 0.230 e. The number of halogens is 1. The van der Waals surface area contributed by atoms with Crippen molar-refractivity contribution in [3.8, 4) is 17.5 Å². The molecular weight excluding hydrogens is 369 g/mol. The molecule has 0 radical (unpaired) electrons.